The van der Waals surface area contributed by atoms with Gasteiger partial charge in [-0.2, -0.15) is 0 Å². The van der Waals surface area contributed by atoms with E-state index in [4.69, 9.17) is 16.3 Å². The van der Waals surface area contributed by atoms with Crippen LogP contribution in [0.25, 0.3) is 0 Å². The summed E-state index contributed by atoms with van der Waals surface area (Å²) < 4.78 is 5.30. The highest BCUT2D eigenvalue weighted by atomic mass is 35.5. The molecule has 0 bridgehead atoms. The third-order valence-electron chi connectivity index (χ3n) is 2.83. The molecule has 1 aromatic rings. The second-order valence-corrected chi connectivity index (χ2v) is 5.73. The minimum atomic E-state index is -0.970. The molecule has 0 unspecified atom stereocenters. The van der Waals surface area contributed by atoms with Crippen LogP contribution in [0.5, 0.6) is 0 Å². The van der Waals surface area contributed by atoms with Crippen LogP contribution in [0.2, 0.25) is 4.34 Å². The lowest BCUT2D eigenvalue weighted by molar-refractivity contribution is -0.147. The predicted molar refractivity (Wildman–Crippen MR) is 69.9 cm³/mol. The number of hydrogen-bond donors (Lipinski definition) is 1. The van der Waals surface area contributed by atoms with Crippen LogP contribution in [0.3, 0.4) is 0 Å². The normalized spacial score (nSPS) is 16.6. The number of nitrogens with one attached hydrogen (secondary N) is 1. The molecule has 2 rings (SSSR count). The summed E-state index contributed by atoms with van der Waals surface area (Å²) >= 11 is 6.96. The van der Waals surface area contributed by atoms with Crippen LogP contribution < -0.4 is 5.32 Å². The fourth-order valence-electron chi connectivity index (χ4n) is 1.88. The summed E-state index contributed by atoms with van der Waals surface area (Å²) in [6.45, 7) is 0. The fraction of sp³-hybridized carbons (Fsp3) is 0.333. The summed E-state index contributed by atoms with van der Waals surface area (Å²) in [5, 5.41) is 2.75. The van der Waals surface area contributed by atoms with E-state index >= 15 is 0 Å². The van der Waals surface area contributed by atoms with Crippen molar-refractivity contribution in [1.29, 1.82) is 0 Å². The Bertz CT molecular complexity index is 501. The van der Waals surface area contributed by atoms with E-state index in [0.717, 1.165) is 0 Å². The van der Waals surface area contributed by atoms with Gasteiger partial charge in [-0.05, 0) is 25.0 Å². The lowest BCUT2D eigenvalue weighted by Gasteiger charge is -2.26. The van der Waals surface area contributed by atoms with Crippen molar-refractivity contribution >= 4 is 34.8 Å². The zero-order valence-corrected chi connectivity index (χ0v) is 11.3. The molecular formula is C12H12ClNO3S. The Kier molecular flexibility index (Phi) is 3.73. The first-order chi connectivity index (χ1) is 8.57. The highest BCUT2D eigenvalue weighted by Gasteiger charge is 2.41. The maximum absolute atomic E-state index is 12.0. The van der Waals surface area contributed by atoms with Crippen molar-refractivity contribution < 1.29 is 14.3 Å². The van der Waals surface area contributed by atoms with E-state index in [1.807, 2.05) is 12.2 Å². The molecule has 0 fully saturated rings. The number of methoxy groups -OCH3 is 1. The number of thiophene rings is 1. The van der Waals surface area contributed by atoms with Crippen LogP contribution in [-0.2, 0) is 9.53 Å². The number of carbonyl (C=O) groups excluding carboxylic acids is 2. The Balaban J connectivity index is 2.15. The SMILES string of the molecule is COC(=O)C1(NC(=O)c2ccc(Cl)s2)CC=CC1. The lowest BCUT2D eigenvalue weighted by atomic mass is 9.96. The van der Waals surface area contributed by atoms with Gasteiger partial charge in [0.2, 0.25) is 0 Å². The Morgan fingerprint density at radius 1 is 1.39 bits per heavy atom. The summed E-state index contributed by atoms with van der Waals surface area (Å²) in [5.74, 6) is -0.732. The van der Waals surface area contributed by atoms with Gasteiger partial charge in [0.1, 0.15) is 5.54 Å². The summed E-state index contributed by atoms with van der Waals surface area (Å²) in [4.78, 5) is 24.3. The number of carbonyl (C=O) groups is 2. The Hall–Kier alpha value is -1.33. The third kappa shape index (κ3) is 2.42. The molecule has 6 heteroatoms. The van der Waals surface area contributed by atoms with Gasteiger partial charge in [0.15, 0.2) is 0 Å². The van der Waals surface area contributed by atoms with Crippen molar-refractivity contribution in [3.05, 3.63) is 33.5 Å². The molecule has 96 valence electrons. The molecule has 0 aromatic carbocycles. The van der Waals surface area contributed by atoms with Gasteiger partial charge in [0, 0.05) is 0 Å². The monoisotopic (exact) mass is 285 g/mol. The van der Waals surface area contributed by atoms with Crippen LogP contribution >= 0.6 is 22.9 Å². The third-order valence-corrected chi connectivity index (χ3v) is 4.06. The van der Waals surface area contributed by atoms with Gasteiger partial charge in [0.05, 0.1) is 16.3 Å². The van der Waals surface area contributed by atoms with Gasteiger partial charge in [-0.25, -0.2) is 4.79 Å². The van der Waals surface area contributed by atoms with Gasteiger partial charge < -0.3 is 10.1 Å². The maximum atomic E-state index is 12.0. The minimum Gasteiger partial charge on any atom is -0.467 e. The van der Waals surface area contributed by atoms with Gasteiger partial charge in [-0.3, -0.25) is 4.79 Å². The Morgan fingerprint density at radius 3 is 2.56 bits per heavy atom. The van der Waals surface area contributed by atoms with Crippen molar-refractivity contribution in [2.24, 2.45) is 0 Å². The van der Waals surface area contributed by atoms with E-state index in [2.05, 4.69) is 5.32 Å². The molecule has 0 saturated carbocycles. The highest BCUT2D eigenvalue weighted by Crippen LogP contribution is 2.27. The van der Waals surface area contributed by atoms with Crippen molar-refractivity contribution in [1.82, 2.24) is 5.32 Å². The van der Waals surface area contributed by atoms with Crippen molar-refractivity contribution in [2.75, 3.05) is 7.11 Å². The first-order valence-electron chi connectivity index (χ1n) is 5.39. The lowest BCUT2D eigenvalue weighted by Crippen LogP contribution is -2.53. The molecule has 1 amide bonds. The van der Waals surface area contributed by atoms with Crippen molar-refractivity contribution in [2.45, 2.75) is 18.4 Å². The number of hydrogen-bond acceptors (Lipinski definition) is 4. The average Bonchev–Trinajstić information content (AvgIpc) is 2.98. The first-order valence-corrected chi connectivity index (χ1v) is 6.58. The Morgan fingerprint density at radius 2 is 2.06 bits per heavy atom. The van der Waals surface area contributed by atoms with E-state index in [0.29, 0.717) is 22.1 Å². The average molecular weight is 286 g/mol. The van der Waals surface area contributed by atoms with Gasteiger partial charge >= 0.3 is 5.97 Å². The van der Waals surface area contributed by atoms with Crippen LogP contribution in [0.15, 0.2) is 24.3 Å². The van der Waals surface area contributed by atoms with Crippen molar-refractivity contribution in [3.8, 4) is 0 Å². The molecule has 1 heterocycles. The molecule has 0 spiro atoms. The van der Waals surface area contributed by atoms with Crippen LogP contribution in [-0.4, -0.2) is 24.5 Å². The number of rotatable bonds is 3. The van der Waals surface area contributed by atoms with Gasteiger partial charge in [-0.15, -0.1) is 11.3 Å². The molecule has 1 aliphatic rings. The smallest absolute Gasteiger partial charge is 0.332 e. The Labute approximate surface area is 114 Å². The number of ether oxygens (including phenoxy) is 1. The highest BCUT2D eigenvalue weighted by molar-refractivity contribution is 7.18. The zero-order chi connectivity index (χ0) is 13.2. The molecular weight excluding hydrogens is 274 g/mol. The maximum Gasteiger partial charge on any atom is 0.332 e. The molecule has 0 aliphatic heterocycles. The minimum absolute atomic E-state index is 0.305. The number of halogens is 1. The van der Waals surface area contributed by atoms with Gasteiger partial charge in [-0.1, -0.05) is 23.8 Å². The van der Waals surface area contributed by atoms with Crippen LogP contribution in [0.4, 0.5) is 0 Å². The van der Waals surface area contributed by atoms with E-state index in [1.54, 1.807) is 12.1 Å². The molecule has 4 nitrogen and oxygen atoms in total. The standard InChI is InChI=1S/C12H12ClNO3S/c1-17-11(16)12(6-2-3-7-12)14-10(15)8-4-5-9(13)18-8/h2-5H,6-7H2,1H3,(H,14,15). The molecule has 0 radical (unpaired) electrons. The summed E-state index contributed by atoms with van der Waals surface area (Å²) in [6, 6.07) is 3.29. The van der Waals surface area contributed by atoms with E-state index in [1.165, 1.54) is 18.4 Å². The largest absolute Gasteiger partial charge is 0.467 e. The molecule has 1 N–H and O–H groups in total. The molecule has 0 saturated heterocycles. The second kappa shape index (κ2) is 5.12. The van der Waals surface area contributed by atoms with Crippen LogP contribution in [0.1, 0.15) is 22.5 Å². The van der Waals surface area contributed by atoms with E-state index in [9.17, 15) is 9.59 Å². The summed E-state index contributed by atoms with van der Waals surface area (Å²) in [5.41, 5.74) is -0.970. The first kappa shape index (κ1) is 13.1. The van der Waals surface area contributed by atoms with E-state index in [-0.39, 0.29) is 5.91 Å². The van der Waals surface area contributed by atoms with Crippen LogP contribution in [0, 0.1) is 0 Å². The molecule has 0 atom stereocenters. The van der Waals surface area contributed by atoms with Crippen molar-refractivity contribution in [3.63, 3.8) is 0 Å². The molecule has 1 aliphatic carbocycles. The quantitative estimate of drug-likeness (QED) is 0.685. The number of amides is 1. The molecule has 1 aromatic heterocycles. The summed E-state index contributed by atoms with van der Waals surface area (Å²) in [6.07, 6.45) is 4.62. The molecule has 18 heavy (non-hydrogen) atoms. The summed E-state index contributed by atoms with van der Waals surface area (Å²) in [7, 11) is 1.32. The zero-order valence-electron chi connectivity index (χ0n) is 9.73. The number of esters is 1. The topological polar surface area (TPSA) is 55.4 Å². The van der Waals surface area contributed by atoms with Gasteiger partial charge in [0.25, 0.3) is 5.91 Å². The second-order valence-electron chi connectivity index (χ2n) is 4.01. The predicted octanol–water partition coefficient (Wildman–Crippen LogP) is 2.39. The fourth-order valence-corrected chi connectivity index (χ4v) is 2.82. The van der Waals surface area contributed by atoms with E-state index < -0.39 is 11.5 Å².